The number of piperazine rings is 1. The second-order valence-electron chi connectivity index (χ2n) is 7.20. The van der Waals surface area contributed by atoms with E-state index in [1.807, 2.05) is 38.4 Å². The summed E-state index contributed by atoms with van der Waals surface area (Å²) in [5.74, 6) is 0.152. The molecule has 0 bridgehead atoms. The maximum absolute atomic E-state index is 12.8. The van der Waals surface area contributed by atoms with Crippen molar-refractivity contribution < 1.29 is 4.79 Å². The van der Waals surface area contributed by atoms with Gasteiger partial charge in [0.15, 0.2) is 0 Å². The average molecular weight is 364 g/mol. The zero-order valence-electron chi connectivity index (χ0n) is 16.3. The normalized spacial score (nSPS) is 17.1. The van der Waals surface area contributed by atoms with Crippen LogP contribution in [0.4, 0.5) is 0 Å². The predicted molar refractivity (Wildman–Crippen MR) is 111 cm³/mol. The van der Waals surface area contributed by atoms with Crippen molar-refractivity contribution in [3.05, 3.63) is 77.9 Å². The van der Waals surface area contributed by atoms with Crippen molar-refractivity contribution >= 4 is 12.0 Å². The van der Waals surface area contributed by atoms with Crippen molar-refractivity contribution in [1.82, 2.24) is 14.7 Å². The summed E-state index contributed by atoms with van der Waals surface area (Å²) in [6, 6.07) is 20.3. The molecule has 0 radical (unpaired) electrons. The number of amides is 1. The van der Waals surface area contributed by atoms with Crippen molar-refractivity contribution in [1.29, 1.82) is 0 Å². The molecule has 1 amide bonds. The molecule has 0 N–H and O–H groups in total. The van der Waals surface area contributed by atoms with Gasteiger partial charge in [0.1, 0.15) is 6.04 Å². The Bertz CT molecular complexity index is 735. The summed E-state index contributed by atoms with van der Waals surface area (Å²) in [6.07, 6.45) is 4.40. The fourth-order valence-electron chi connectivity index (χ4n) is 3.50. The lowest BCUT2D eigenvalue weighted by atomic mass is 10.0. The maximum atomic E-state index is 12.8. The van der Waals surface area contributed by atoms with Crippen LogP contribution in [-0.4, -0.2) is 67.4 Å². The highest BCUT2D eigenvalue weighted by Gasteiger charge is 2.31. The Balaban J connectivity index is 1.59. The van der Waals surface area contributed by atoms with E-state index in [-0.39, 0.29) is 11.9 Å². The number of hydrogen-bond donors (Lipinski definition) is 0. The highest BCUT2D eigenvalue weighted by atomic mass is 16.2. The van der Waals surface area contributed by atoms with E-state index in [9.17, 15) is 4.79 Å². The Labute approximate surface area is 162 Å². The molecule has 1 heterocycles. The predicted octanol–water partition coefficient (Wildman–Crippen LogP) is 3.15. The summed E-state index contributed by atoms with van der Waals surface area (Å²) in [6.45, 7) is 4.70. The highest BCUT2D eigenvalue weighted by molar-refractivity contribution is 5.82. The van der Waals surface area contributed by atoms with Crippen LogP contribution in [-0.2, 0) is 4.79 Å². The first-order valence-electron chi connectivity index (χ1n) is 9.59. The molecule has 3 rings (SSSR count). The molecule has 4 heteroatoms. The van der Waals surface area contributed by atoms with E-state index in [2.05, 4.69) is 58.4 Å². The van der Waals surface area contributed by atoms with E-state index in [1.165, 1.54) is 5.56 Å². The van der Waals surface area contributed by atoms with Gasteiger partial charge in [-0.3, -0.25) is 14.6 Å². The van der Waals surface area contributed by atoms with Gasteiger partial charge in [-0.05, 0) is 11.1 Å². The van der Waals surface area contributed by atoms with Gasteiger partial charge in [-0.1, -0.05) is 72.8 Å². The van der Waals surface area contributed by atoms with Crippen molar-refractivity contribution in [3.8, 4) is 0 Å². The van der Waals surface area contributed by atoms with Gasteiger partial charge in [0.05, 0.1) is 0 Å². The van der Waals surface area contributed by atoms with Crippen molar-refractivity contribution in [3.63, 3.8) is 0 Å². The second-order valence-corrected chi connectivity index (χ2v) is 7.20. The first-order chi connectivity index (χ1) is 13.1. The van der Waals surface area contributed by atoms with Crippen LogP contribution >= 0.6 is 0 Å². The van der Waals surface area contributed by atoms with E-state index in [4.69, 9.17) is 0 Å². The molecule has 142 valence electrons. The average Bonchev–Trinajstić information content (AvgIpc) is 2.71. The zero-order valence-corrected chi connectivity index (χ0v) is 16.3. The lowest BCUT2D eigenvalue weighted by molar-refractivity contribution is -0.135. The van der Waals surface area contributed by atoms with Gasteiger partial charge < -0.3 is 4.90 Å². The van der Waals surface area contributed by atoms with Crippen molar-refractivity contribution in [2.75, 3.05) is 46.8 Å². The van der Waals surface area contributed by atoms with Gasteiger partial charge in [0, 0.05) is 46.8 Å². The Morgan fingerprint density at radius 1 is 0.963 bits per heavy atom. The zero-order chi connectivity index (χ0) is 19.1. The van der Waals surface area contributed by atoms with Crippen LogP contribution in [0.1, 0.15) is 17.2 Å². The second kappa shape index (κ2) is 9.49. The van der Waals surface area contributed by atoms with E-state index in [0.717, 1.165) is 38.3 Å². The molecule has 1 atom stereocenters. The number of likely N-dealkylation sites (N-methyl/N-ethyl adjacent to an activating group) is 1. The molecule has 2 aromatic carbocycles. The van der Waals surface area contributed by atoms with Crippen LogP contribution in [0, 0.1) is 0 Å². The molecule has 0 spiro atoms. The molecule has 0 aromatic heterocycles. The lowest BCUT2D eigenvalue weighted by Crippen LogP contribution is -2.50. The molecule has 1 fully saturated rings. The number of hydrogen-bond acceptors (Lipinski definition) is 3. The number of carbonyl (C=O) groups is 1. The standard InChI is InChI=1S/C23H29N3O/c1-24(2)23(27)22(21-13-7-4-8-14-21)26-18-16-25(17-19-26)15-9-12-20-10-5-3-6-11-20/h3-14,22H,15-19H2,1-2H3/b12-9+/t22-/m0/s1. The minimum atomic E-state index is -0.191. The number of nitrogens with zero attached hydrogens (tertiary/aromatic N) is 3. The molecule has 27 heavy (non-hydrogen) atoms. The molecular formula is C23H29N3O. The van der Waals surface area contributed by atoms with Gasteiger partial charge in [0.25, 0.3) is 0 Å². The molecule has 0 saturated carbocycles. The third-order valence-electron chi connectivity index (χ3n) is 5.04. The quantitative estimate of drug-likeness (QED) is 0.789. The van der Waals surface area contributed by atoms with E-state index >= 15 is 0 Å². The van der Waals surface area contributed by atoms with Gasteiger partial charge in [-0.15, -0.1) is 0 Å². The van der Waals surface area contributed by atoms with Gasteiger partial charge in [-0.2, -0.15) is 0 Å². The summed E-state index contributed by atoms with van der Waals surface area (Å²) < 4.78 is 0. The first-order valence-corrected chi connectivity index (χ1v) is 9.59. The van der Waals surface area contributed by atoms with Crippen LogP contribution in [0.25, 0.3) is 6.08 Å². The number of carbonyl (C=O) groups excluding carboxylic acids is 1. The molecular weight excluding hydrogens is 334 g/mol. The van der Waals surface area contributed by atoms with Crippen LogP contribution in [0.2, 0.25) is 0 Å². The summed E-state index contributed by atoms with van der Waals surface area (Å²) in [5, 5.41) is 0. The summed E-state index contributed by atoms with van der Waals surface area (Å²) in [4.78, 5) is 19.3. The molecule has 0 aliphatic carbocycles. The van der Waals surface area contributed by atoms with Gasteiger partial charge in [-0.25, -0.2) is 0 Å². The number of benzene rings is 2. The van der Waals surface area contributed by atoms with Crippen LogP contribution in [0.15, 0.2) is 66.7 Å². The van der Waals surface area contributed by atoms with Crippen molar-refractivity contribution in [2.45, 2.75) is 6.04 Å². The third-order valence-corrected chi connectivity index (χ3v) is 5.04. The Kier molecular flexibility index (Phi) is 6.80. The number of rotatable bonds is 6. The Morgan fingerprint density at radius 2 is 1.56 bits per heavy atom. The van der Waals surface area contributed by atoms with Crippen LogP contribution in [0.5, 0.6) is 0 Å². The molecule has 1 aliphatic rings. The fraction of sp³-hybridized carbons (Fsp3) is 0.348. The monoisotopic (exact) mass is 363 g/mol. The maximum Gasteiger partial charge on any atom is 0.244 e. The van der Waals surface area contributed by atoms with Crippen LogP contribution < -0.4 is 0 Å². The SMILES string of the molecule is CN(C)C(=O)[C@H](c1ccccc1)N1CCN(C/C=C/c2ccccc2)CC1. The summed E-state index contributed by atoms with van der Waals surface area (Å²) in [5.41, 5.74) is 2.31. The minimum Gasteiger partial charge on any atom is -0.347 e. The lowest BCUT2D eigenvalue weighted by Gasteiger charge is -2.39. The Hall–Kier alpha value is -2.43. The van der Waals surface area contributed by atoms with E-state index < -0.39 is 0 Å². The van der Waals surface area contributed by atoms with E-state index in [0.29, 0.717) is 0 Å². The highest BCUT2D eigenvalue weighted by Crippen LogP contribution is 2.24. The molecule has 1 saturated heterocycles. The summed E-state index contributed by atoms with van der Waals surface area (Å²) in [7, 11) is 3.67. The topological polar surface area (TPSA) is 26.8 Å². The van der Waals surface area contributed by atoms with Crippen LogP contribution in [0.3, 0.4) is 0 Å². The molecule has 4 nitrogen and oxygen atoms in total. The summed E-state index contributed by atoms with van der Waals surface area (Å²) >= 11 is 0. The smallest absolute Gasteiger partial charge is 0.244 e. The molecule has 1 aliphatic heterocycles. The Morgan fingerprint density at radius 3 is 2.15 bits per heavy atom. The van der Waals surface area contributed by atoms with Gasteiger partial charge in [0.2, 0.25) is 5.91 Å². The fourth-order valence-corrected chi connectivity index (χ4v) is 3.50. The third kappa shape index (κ3) is 5.28. The largest absolute Gasteiger partial charge is 0.347 e. The molecule has 0 unspecified atom stereocenters. The molecule has 2 aromatic rings. The van der Waals surface area contributed by atoms with E-state index in [1.54, 1.807) is 4.90 Å². The van der Waals surface area contributed by atoms with Crippen molar-refractivity contribution in [2.24, 2.45) is 0 Å². The first kappa shape index (κ1) is 19.3. The minimum absolute atomic E-state index is 0.152. The van der Waals surface area contributed by atoms with Gasteiger partial charge >= 0.3 is 0 Å².